The Morgan fingerprint density at radius 2 is 1.59 bits per heavy atom. The fraction of sp³-hybridized carbons (Fsp3) is 0.429. The first-order valence-electron chi connectivity index (χ1n) is 12.8. The minimum absolute atomic E-state index is 0.00338. The Labute approximate surface area is 217 Å². The van der Waals surface area contributed by atoms with Gasteiger partial charge in [-0.3, -0.25) is 9.69 Å². The molecule has 0 unspecified atom stereocenters. The molecule has 5 rings (SSSR count). The first-order valence-corrected chi connectivity index (χ1v) is 12.8. The predicted octanol–water partition coefficient (Wildman–Crippen LogP) is 4.37. The summed E-state index contributed by atoms with van der Waals surface area (Å²) in [5.74, 6) is -0.0161. The van der Waals surface area contributed by atoms with E-state index in [4.69, 9.17) is 10.8 Å². The van der Waals surface area contributed by atoms with E-state index in [9.17, 15) is 9.59 Å². The Kier molecular flexibility index (Phi) is 8.55. The van der Waals surface area contributed by atoms with Crippen LogP contribution in [0.5, 0.6) is 5.88 Å². The number of carbonyl (C=O) groups is 2. The fourth-order valence-electron chi connectivity index (χ4n) is 5.43. The highest BCUT2D eigenvalue weighted by atomic mass is 16.7. The van der Waals surface area contributed by atoms with Gasteiger partial charge in [0, 0.05) is 11.5 Å². The molecule has 1 amide bonds. The summed E-state index contributed by atoms with van der Waals surface area (Å²) in [4.78, 5) is 25.8. The van der Waals surface area contributed by atoms with Crippen molar-refractivity contribution >= 4 is 12.1 Å². The topological polar surface area (TPSA) is 124 Å². The van der Waals surface area contributed by atoms with E-state index in [1.165, 1.54) is 36.3 Å². The molecule has 1 saturated heterocycles. The third-order valence-corrected chi connectivity index (χ3v) is 7.38. The van der Waals surface area contributed by atoms with Gasteiger partial charge >= 0.3 is 6.16 Å². The third-order valence-electron chi connectivity index (χ3n) is 7.38. The van der Waals surface area contributed by atoms with E-state index in [2.05, 4.69) is 50.2 Å². The van der Waals surface area contributed by atoms with Gasteiger partial charge in [0.15, 0.2) is 0 Å². The number of para-hydroxylation sites is 1. The number of likely N-dealkylation sites (tertiary alicyclic amines) is 1. The standard InChI is InChI=1S/C18H26N2O.C10H9N3O3/c19-17(21)16-8-10-18(11-9-16,20-12-4-5-13-20)14-15-6-2-1-3-7-15;1-7-9(16-10(14)15)12-13(11-7)8-5-3-2-4-6-8/h1-3,6-7,16H,4-5,8-14H2,(H2,19,21);2-6H,1H3,(H,14,15). The van der Waals surface area contributed by atoms with Gasteiger partial charge in [-0.1, -0.05) is 48.5 Å². The minimum atomic E-state index is -1.40. The molecule has 1 saturated carbocycles. The molecule has 0 atom stereocenters. The lowest BCUT2D eigenvalue weighted by Crippen LogP contribution is -2.52. The summed E-state index contributed by atoms with van der Waals surface area (Å²) in [6, 6.07) is 20.0. The maximum atomic E-state index is 11.5. The van der Waals surface area contributed by atoms with Crippen LogP contribution in [0.4, 0.5) is 4.79 Å². The molecule has 3 aromatic rings. The largest absolute Gasteiger partial charge is 0.512 e. The van der Waals surface area contributed by atoms with Gasteiger partial charge in [-0.05, 0) is 82.7 Å². The number of aromatic nitrogens is 3. The van der Waals surface area contributed by atoms with E-state index in [1.54, 1.807) is 6.92 Å². The van der Waals surface area contributed by atoms with Gasteiger partial charge in [-0.2, -0.15) is 0 Å². The van der Waals surface area contributed by atoms with Gasteiger partial charge in [0.05, 0.1) is 5.69 Å². The number of ether oxygens (including phenoxy) is 1. The molecular weight excluding hydrogens is 470 g/mol. The van der Waals surface area contributed by atoms with Crippen molar-refractivity contribution in [3.8, 4) is 11.6 Å². The van der Waals surface area contributed by atoms with Crippen molar-refractivity contribution in [2.24, 2.45) is 11.7 Å². The van der Waals surface area contributed by atoms with Crippen LogP contribution in [-0.4, -0.2) is 55.7 Å². The first-order chi connectivity index (χ1) is 17.9. The van der Waals surface area contributed by atoms with Crippen LogP contribution >= 0.6 is 0 Å². The average molecular weight is 506 g/mol. The zero-order valence-corrected chi connectivity index (χ0v) is 21.3. The van der Waals surface area contributed by atoms with Gasteiger partial charge in [0.1, 0.15) is 5.69 Å². The highest BCUT2D eigenvalue weighted by Crippen LogP contribution is 2.40. The third kappa shape index (κ3) is 6.74. The molecule has 196 valence electrons. The number of aryl methyl sites for hydroxylation is 1. The van der Waals surface area contributed by atoms with Crippen LogP contribution in [0.25, 0.3) is 5.69 Å². The molecule has 1 aromatic heterocycles. The molecule has 2 aromatic carbocycles. The van der Waals surface area contributed by atoms with E-state index < -0.39 is 6.16 Å². The number of rotatable bonds is 6. The molecule has 0 radical (unpaired) electrons. The Hall–Kier alpha value is -3.72. The summed E-state index contributed by atoms with van der Waals surface area (Å²) in [5.41, 5.74) is 8.35. The fourth-order valence-corrected chi connectivity index (χ4v) is 5.43. The quantitative estimate of drug-likeness (QED) is 0.477. The second-order valence-electron chi connectivity index (χ2n) is 9.84. The maximum Gasteiger partial charge on any atom is 0.512 e. The average Bonchev–Trinajstić information content (AvgIpc) is 3.57. The number of carboxylic acid groups (broad SMARTS) is 1. The number of hydrogen-bond acceptors (Lipinski definition) is 6. The van der Waals surface area contributed by atoms with Crippen LogP contribution in [-0.2, 0) is 11.2 Å². The number of hydrogen-bond donors (Lipinski definition) is 2. The van der Waals surface area contributed by atoms with E-state index in [0.717, 1.165) is 37.8 Å². The highest BCUT2D eigenvalue weighted by Gasteiger charge is 2.42. The molecule has 3 N–H and O–H groups in total. The second-order valence-corrected chi connectivity index (χ2v) is 9.84. The Morgan fingerprint density at radius 3 is 2.16 bits per heavy atom. The summed E-state index contributed by atoms with van der Waals surface area (Å²) >= 11 is 0. The monoisotopic (exact) mass is 505 g/mol. The number of nitrogens with two attached hydrogens (primary N) is 1. The number of primary amides is 1. The first kappa shape index (κ1) is 26.3. The minimum Gasteiger partial charge on any atom is -0.449 e. The zero-order chi connectivity index (χ0) is 26.3. The summed E-state index contributed by atoms with van der Waals surface area (Å²) in [6.45, 7) is 4.06. The van der Waals surface area contributed by atoms with Crippen molar-refractivity contribution < 1.29 is 19.4 Å². The van der Waals surface area contributed by atoms with Gasteiger partial charge < -0.3 is 15.6 Å². The van der Waals surface area contributed by atoms with Crippen molar-refractivity contribution in [1.29, 1.82) is 0 Å². The molecule has 9 nitrogen and oxygen atoms in total. The lowest BCUT2D eigenvalue weighted by atomic mass is 9.72. The second kappa shape index (κ2) is 12.0. The molecular formula is C28H35N5O4. The van der Waals surface area contributed by atoms with Crippen LogP contribution in [0.3, 0.4) is 0 Å². The van der Waals surface area contributed by atoms with Crippen molar-refractivity contribution in [3.05, 3.63) is 71.9 Å². The van der Waals surface area contributed by atoms with Crippen molar-refractivity contribution in [2.45, 2.75) is 57.4 Å². The molecule has 9 heteroatoms. The normalized spacial score (nSPS) is 21.6. The number of nitrogens with zero attached hydrogens (tertiary/aromatic N) is 4. The number of benzene rings is 2. The molecule has 0 spiro atoms. The molecule has 1 aliphatic carbocycles. The van der Waals surface area contributed by atoms with E-state index in [0.29, 0.717) is 5.69 Å². The van der Waals surface area contributed by atoms with Gasteiger partial charge in [-0.25, -0.2) is 4.79 Å². The Morgan fingerprint density at radius 1 is 1.00 bits per heavy atom. The smallest absolute Gasteiger partial charge is 0.449 e. The molecule has 2 fully saturated rings. The number of amides is 1. The zero-order valence-electron chi connectivity index (χ0n) is 21.3. The lowest BCUT2D eigenvalue weighted by molar-refractivity contribution is -0.123. The molecule has 1 aliphatic heterocycles. The highest BCUT2D eigenvalue weighted by molar-refractivity contribution is 5.76. The van der Waals surface area contributed by atoms with Crippen LogP contribution < -0.4 is 10.5 Å². The van der Waals surface area contributed by atoms with Crippen molar-refractivity contribution in [3.63, 3.8) is 0 Å². The van der Waals surface area contributed by atoms with Crippen LogP contribution in [0.15, 0.2) is 60.7 Å². The van der Waals surface area contributed by atoms with Crippen molar-refractivity contribution in [2.75, 3.05) is 13.1 Å². The predicted molar refractivity (Wildman–Crippen MR) is 140 cm³/mol. The number of carbonyl (C=O) groups excluding carboxylic acids is 1. The SMILES string of the molecule is Cc1nn(-c2ccccc2)nc1OC(=O)O.NC(=O)C1CCC(Cc2ccccc2)(N2CCCC2)CC1. The summed E-state index contributed by atoms with van der Waals surface area (Å²) < 4.78 is 4.47. The van der Waals surface area contributed by atoms with Gasteiger partial charge in [0.25, 0.3) is 5.88 Å². The Bertz CT molecular complexity index is 1170. The van der Waals surface area contributed by atoms with Crippen LogP contribution in [0, 0.1) is 12.8 Å². The van der Waals surface area contributed by atoms with E-state index >= 15 is 0 Å². The van der Waals surface area contributed by atoms with Crippen LogP contribution in [0.1, 0.15) is 49.8 Å². The van der Waals surface area contributed by atoms with Crippen molar-refractivity contribution in [1.82, 2.24) is 19.9 Å². The summed E-state index contributed by atoms with van der Waals surface area (Å²) in [6.07, 6.45) is 6.47. The Balaban J connectivity index is 0.000000180. The lowest BCUT2D eigenvalue weighted by Gasteiger charge is -2.46. The molecule has 37 heavy (non-hydrogen) atoms. The molecule has 2 heterocycles. The van der Waals surface area contributed by atoms with E-state index in [-0.39, 0.29) is 23.2 Å². The summed E-state index contributed by atoms with van der Waals surface area (Å²) in [7, 11) is 0. The van der Waals surface area contributed by atoms with Gasteiger partial charge in [0.2, 0.25) is 5.91 Å². The summed E-state index contributed by atoms with van der Waals surface area (Å²) in [5, 5.41) is 16.4. The molecule has 0 bridgehead atoms. The maximum absolute atomic E-state index is 11.5. The van der Waals surface area contributed by atoms with Crippen LogP contribution in [0.2, 0.25) is 0 Å². The van der Waals surface area contributed by atoms with E-state index in [1.807, 2.05) is 30.3 Å². The molecule has 2 aliphatic rings. The van der Waals surface area contributed by atoms with Gasteiger partial charge in [-0.15, -0.1) is 15.0 Å².